The van der Waals surface area contributed by atoms with Crippen LogP contribution in [0, 0.1) is 0 Å². The number of hydrogen-bond acceptors (Lipinski definition) is 4. The molecule has 1 fully saturated rings. The van der Waals surface area contributed by atoms with Gasteiger partial charge in [-0.05, 0) is 36.8 Å². The molecule has 2 N–H and O–H groups in total. The summed E-state index contributed by atoms with van der Waals surface area (Å²) in [6.45, 7) is 4.62. The third-order valence-corrected chi connectivity index (χ3v) is 4.86. The number of aromatic nitrogens is 1. The molecule has 1 atom stereocenters. The quantitative estimate of drug-likeness (QED) is 0.805. The van der Waals surface area contributed by atoms with Crippen LogP contribution >= 0.6 is 11.6 Å². The number of amides is 3. The van der Waals surface area contributed by atoms with E-state index in [1.807, 2.05) is 30.3 Å². The Balaban J connectivity index is 1.43. The van der Waals surface area contributed by atoms with Gasteiger partial charge in [-0.25, -0.2) is 9.78 Å². The van der Waals surface area contributed by atoms with Crippen molar-refractivity contribution in [2.75, 3.05) is 31.1 Å². The van der Waals surface area contributed by atoms with Gasteiger partial charge in [-0.3, -0.25) is 4.79 Å². The summed E-state index contributed by atoms with van der Waals surface area (Å²) in [5.74, 6) is 0.678. The summed E-state index contributed by atoms with van der Waals surface area (Å²) < 4.78 is 0. The van der Waals surface area contributed by atoms with E-state index < -0.39 is 6.04 Å². The molecule has 1 unspecified atom stereocenters. The fraction of sp³-hybridized carbons (Fsp3) is 0.350. The van der Waals surface area contributed by atoms with Crippen LogP contribution in [0.5, 0.6) is 0 Å². The van der Waals surface area contributed by atoms with Crippen molar-refractivity contribution < 1.29 is 9.59 Å². The highest BCUT2D eigenvalue weighted by Gasteiger charge is 2.24. The fourth-order valence-corrected chi connectivity index (χ4v) is 3.22. The molecule has 0 saturated carbocycles. The molecule has 8 heteroatoms. The Hall–Kier alpha value is -2.80. The highest BCUT2D eigenvalue weighted by molar-refractivity contribution is 6.30. The van der Waals surface area contributed by atoms with Crippen LogP contribution in [0.2, 0.25) is 5.02 Å². The minimum atomic E-state index is -0.625. The molecular weight excluding hydrogens is 378 g/mol. The zero-order chi connectivity index (χ0) is 19.9. The van der Waals surface area contributed by atoms with Crippen molar-refractivity contribution in [3.8, 4) is 0 Å². The molecule has 2 heterocycles. The molecular formula is C20H24ClN5O2. The van der Waals surface area contributed by atoms with E-state index in [0.717, 1.165) is 11.4 Å². The highest BCUT2D eigenvalue weighted by atomic mass is 35.5. The summed E-state index contributed by atoms with van der Waals surface area (Å²) in [5.41, 5.74) is 0.907. The normalized spacial score (nSPS) is 15.1. The average molecular weight is 402 g/mol. The van der Waals surface area contributed by atoms with Crippen LogP contribution in [0.1, 0.15) is 12.5 Å². The third kappa shape index (κ3) is 5.36. The van der Waals surface area contributed by atoms with Crippen LogP contribution in [0.3, 0.4) is 0 Å². The van der Waals surface area contributed by atoms with E-state index in [9.17, 15) is 9.59 Å². The van der Waals surface area contributed by atoms with Gasteiger partial charge in [0, 0.05) is 43.9 Å². The van der Waals surface area contributed by atoms with Gasteiger partial charge in [0.1, 0.15) is 11.9 Å². The summed E-state index contributed by atoms with van der Waals surface area (Å²) in [7, 11) is 0. The van der Waals surface area contributed by atoms with Gasteiger partial charge >= 0.3 is 6.03 Å². The van der Waals surface area contributed by atoms with Gasteiger partial charge in [0.2, 0.25) is 5.91 Å². The van der Waals surface area contributed by atoms with Crippen molar-refractivity contribution in [3.05, 3.63) is 59.2 Å². The lowest BCUT2D eigenvalue weighted by Crippen LogP contribution is -2.55. The van der Waals surface area contributed by atoms with Gasteiger partial charge in [0.15, 0.2) is 0 Å². The van der Waals surface area contributed by atoms with E-state index in [1.165, 1.54) is 0 Å². The second-order valence-electron chi connectivity index (χ2n) is 6.68. The number of nitrogens with one attached hydrogen (secondary N) is 2. The Morgan fingerprint density at radius 3 is 2.61 bits per heavy atom. The molecule has 148 valence electrons. The zero-order valence-corrected chi connectivity index (χ0v) is 16.5. The van der Waals surface area contributed by atoms with Gasteiger partial charge in [-0.1, -0.05) is 29.8 Å². The smallest absolute Gasteiger partial charge is 0.318 e. The largest absolute Gasteiger partial charge is 0.353 e. The molecule has 1 saturated heterocycles. The number of urea groups is 1. The highest BCUT2D eigenvalue weighted by Crippen LogP contribution is 2.13. The maximum Gasteiger partial charge on any atom is 0.318 e. The second-order valence-corrected chi connectivity index (χ2v) is 7.12. The van der Waals surface area contributed by atoms with E-state index in [0.29, 0.717) is 37.7 Å². The lowest BCUT2D eigenvalue weighted by Gasteiger charge is -2.35. The molecule has 1 aliphatic rings. The van der Waals surface area contributed by atoms with Gasteiger partial charge in [0.25, 0.3) is 0 Å². The molecule has 0 spiro atoms. The molecule has 1 aromatic heterocycles. The first kappa shape index (κ1) is 19.9. The number of pyridine rings is 1. The summed E-state index contributed by atoms with van der Waals surface area (Å²) in [6.07, 6.45) is 1.76. The molecule has 2 aromatic rings. The van der Waals surface area contributed by atoms with Crippen molar-refractivity contribution >= 4 is 29.4 Å². The molecule has 0 bridgehead atoms. The van der Waals surface area contributed by atoms with Crippen LogP contribution in [0.25, 0.3) is 0 Å². The molecule has 1 aromatic carbocycles. The number of halogens is 1. The fourth-order valence-electron chi connectivity index (χ4n) is 3.01. The first-order valence-corrected chi connectivity index (χ1v) is 9.64. The van der Waals surface area contributed by atoms with Gasteiger partial charge in [-0.2, -0.15) is 0 Å². The van der Waals surface area contributed by atoms with E-state index in [2.05, 4.69) is 20.5 Å². The molecule has 28 heavy (non-hydrogen) atoms. The van der Waals surface area contributed by atoms with Crippen LogP contribution < -0.4 is 15.5 Å². The number of carbonyl (C=O) groups is 2. The number of nitrogens with zero attached hydrogens (tertiary/aromatic N) is 3. The monoisotopic (exact) mass is 401 g/mol. The predicted molar refractivity (Wildman–Crippen MR) is 109 cm³/mol. The number of hydrogen-bond donors (Lipinski definition) is 2. The van der Waals surface area contributed by atoms with Crippen molar-refractivity contribution in [3.63, 3.8) is 0 Å². The van der Waals surface area contributed by atoms with E-state index in [4.69, 9.17) is 11.6 Å². The van der Waals surface area contributed by atoms with Crippen molar-refractivity contribution in [1.29, 1.82) is 0 Å². The summed E-state index contributed by atoms with van der Waals surface area (Å²) >= 11 is 5.94. The van der Waals surface area contributed by atoms with Gasteiger partial charge in [-0.15, -0.1) is 0 Å². The minimum Gasteiger partial charge on any atom is -0.353 e. The molecule has 0 radical (unpaired) electrons. The Bertz CT molecular complexity index is 809. The zero-order valence-electron chi connectivity index (χ0n) is 15.8. The van der Waals surface area contributed by atoms with Crippen molar-refractivity contribution in [1.82, 2.24) is 20.5 Å². The number of benzene rings is 1. The average Bonchev–Trinajstić information content (AvgIpc) is 2.72. The first-order chi connectivity index (χ1) is 13.5. The Labute approximate surface area is 169 Å². The van der Waals surface area contributed by atoms with E-state index in [-0.39, 0.29) is 11.9 Å². The number of carbonyl (C=O) groups excluding carboxylic acids is 2. The summed E-state index contributed by atoms with van der Waals surface area (Å²) in [5, 5.41) is 6.20. The van der Waals surface area contributed by atoms with Gasteiger partial charge < -0.3 is 20.4 Å². The minimum absolute atomic E-state index is 0.230. The topological polar surface area (TPSA) is 77.6 Å². The SMILES string of the molecule is CC(NC(=O)N1CCN(c2ccccn2)CC1)C(=O)NCc1cccc(Cl)c1. The van der Waals surface area contributed by atoms with Crippen LogP contribution in [-0.2, 0) is 11.3 Å². The Morgan fingerprint density at radius 1 is 1.14 bits per heavy atom. The number of piperazine rings is 1. The Kier molecular flexibility index (Phi) is 6.71. The Morgan fingerprint density at radius 2 is 1.93 bits per heavy atom. The predicted octanol–water partition coefficient (Wildman–Crippen LogP) is 2.27. The lowest BCUT2D eigenvalue weighted by atomic mass is 10.2. The number of anilines is 1. The van der Waals surface area contributed by atoms with E-state index >= 15 is 0 Å². The first-order valence-electron chi connectivity index (χ1n) is 9.26. The molecule has 1 aliphatic heterocycles. The third-order valence-electron chi connectivity index (χ3n) is 4.63. The standard InChI is InChI=1S/C20H24ClN5O2/c1-15(19(27)23-14-16-5-4-6-17(21)13-16)24-20(28)26-11-9-25(10-12-26)18-7-2-3-8-22-18/h2-8,13,15H,9-12,14H2,1H3,(H,23,27)(H,24,28). The van der Waals surface area contributed by atoms with Crippen LogP contribution in [0.4, 0.5) is 10.6 Å². The summed E-state index contributed by atoms with van der Waals surface area (Å²) in [4.78, 5) is 32.9. The van der Waals surface area contributed by atoms with Crippen LogP contribution in [-0.4, -0.2) is 54.0 Å². The molecule has 3 amide bonds. The maximum atomic E-state index is 12.5. The molecule has 3 rings (SSSR count). The van der Waals surface area contributed by atoms with E-state index in [1.54, 1.807) is 30.2 Å². The van der Waals surface area contributed by atoms with Gasteiger partial charge in [0.05, 0.1) is 0 Å². The lowest BCUT2D eigenvalue weighted by molar-refractivity contribution is -0.122. The molecule has 7 nitrogen and oxygen atoms in total. The summed E-state index contributed by atoms with van der Waals surface area (Å²) in [6, 6.07) is 12.2. The molecule has 0 aliphatic carbocycles. The van der Waals surface area contributed by atoms with Crippen LogP contribution in [0.15, 0.2) is 48.7 Å². The number of rotatable bonds is 5. The van der Waals surface area contributed by atoms with Crippen molar-refractivity contribution in [2.24, 2.45) is 0 Å². The second kappa shape index (κ2) is 9.41. The maximum absolute atomic E-state index is 12.5. The van der Waals surface area contributed by atoms with Crippen molar-refractivity contribution in [2.45, 2.75) is 19.5 Å².